The molecule has 0 unspecified atom stereocenters. The average molecular weight is 196 g/mol. The summed E-state index contributed by atoms with van der Waals surface area (Å²) >= 11 is 0. The number of nitrogens with zero attached hydrogens (tertiary/aromatic N) is 1. The molecule has 0 radical (unpaired) electrons. The maximum atomic E-state index is 9.00. The van der Waals surface area contributed by atoms with E-state index in [0.717, 1.165) is 21.9 Å². The molecule has 0 aliphatic heterocycles. The molecule has 74 valence electrons. The van der Waals surface area contributed by atoms with E-state index < -0.39 is 0 Å². The zero-order valence-electron chi connectivity index (χ0n) is 8.83. The van der Waals surface area contributed by atoms with Gasteiger partial charge in [-0.05, 0) is 36.9 Å². The summed E-state index contributed by atoms with van der Waals surface area (Å²) < 4.78 is 0. The topological polar surface area (TPSA) is 49.8 Å². The minimum Gasteiger partial charge on any atom is -0.397 e. The second-order valence-electron chi connectivity index (χ2n) is 3.82. The minimum absolute atomic E-state index is 0.591. The maximum absolute atomic E-state index is 9.00. The van der Waals surface area contributed by atoms with Crippen LogP contribution in [-0.4, -0.2) is 0 Å². The van der Waals surface area contributed by atoms with Gasteiger partial charge in [0.25, 0.3) is 0 Å². The van der Waals surface area contributed by atoms with Crippen LogP contribution in [0.2, 0.25) is 0 Å². The summed E-state index contributed by atoms with van der Waals surface area (Å²) in [6.45, 7) is 3.93. The van der Waals surface area contributed by atoms with Crippen LogP contribution in [0, 0.1) is 25.2 Å². The molecule has 2 aromatic carbocycles. The standard InChI is InChI=1S/C13H12N2/c1-8-3-4-10-6-9(2)12(7-14)13(15)11(10)5-8/h3-6H,15H2,1-2H3. The van der Waals surface area contributed by atoms with Crippen molar-refractivity contribution in [2.24, 2.45) is 0 Å². The van der Waals surface area contributed by atoms with Crippen molar-refractivity contribution in [3.8, 4) is 6.07 Å². The highest BCUT2D eigenvalue weighted by Crippen LogP contribution is 2.28. The fourth-order valence-corrected chi connectivity index (χ4v) is 1.83. The van der Waals surface area contributed by atoms with E-state index in [1.165, 1.54) is 0 Å². The lowest BCUT2D eigenvalue weighted by atomic mass is 9.99. The normalized spacial score (nSPS) is 10.2. The minimum atomic E-state index is 0.591. The maximum Gasteiger partial charge on any atom is 0.102 e. The van der Waals surface area contributed by atoms with Crippen LogP contribution >= 0.6 is 0 Å². The van der Waals surface area contributed by atoms with E-state index in [-0.39, 0.29) is 0 Å². The Morgan fingerprint density at radius 2 is 1.93 bits per heavy atom. The third-order valence-electron chi connectivity index (χ3n) is 2.65. The van der Waals surface area contributed by atoms with Crippen molar-refractivity contribution >= 4 is 16.5 Å². The lowest BCUT2D eigenvalue weighted by Crippen LogP contribution is -1.95. The molecule has 0 saturated heterocycles. The van der Waals surface area contributed by atoms with E-state index in [1.807, 2.05) is 38.1 Å². The van der Waals surface area contributed by atoms with Crippen molar-refractivity contribution in [2.45, 2.75) is 13.8 Å². The summed E-state index contributed by atoms with van der Waals surface area (Å²) in [5, 5.41) is 11.1. The first-order valence-electron chi connectivity index (χ1n) is 4.83. The van der Waals surface area contributed by atoms with Gasteiger partial charge >= 0.3 is 0 Å². The molecule has 0 bridgehead atoms. The van der Waals surface area contributed by atoms with Gasteiger partial charge in [-0.1, -0.05) is 17.7 Å². The van der Waals surface area contributed by atoms with Gasteiger partial charge in [0.05, 0.1) is 11.3 Å². The largest absolute Gasteiger partial charge is 0.397 e. The molecule has 0 amide bonds. The van der Waals surface area contributed by atoms with Gasteiger partial charge in [-0.15, -0.1) is 0 Å². The third kappa shape index (κ3) is 1.42. The third-order valence-corrected chi connectivity index (χ3v) is 2.65. The number of anilines is 1. The van der Waals surface area contributed by atoms with Crippen LogP contribution in [-0.2, 0) is 0 Å². The van der Waals surface area contributed by atoms with Gasteiger partial charge < -0.3 is 5.73 Å². The van der Waals surface area contributed by atoms with Crippen molar-refractivity contribution in [1.82, 2.24) is 0 Å². The van der Waals surface area contributed by atoms with Crippen LogP contribution in [0.25, 0.3) is 10.8 Å². The Bertz CT molecular complexity index is 577. The summed E-state index contributed by atoms with van der Waals surface area (Å²) in [4.78, 5) is 0. The fraction of sp³-hybridized carbons (Fsp3) is 0.154. The van der Waals surface area contributed by atoms with Crippen molar-refractivity contribution in [3.63, 3.8) is 0 Å². The Morgan fingerprint density at radius 3 is 2.60 bits per heavy atom. The molecule has 2 heteroatoms. The zero-order chi connectivity index (χ0) is 11.0. The fourth-order valence-electron chi connectivity index (χ4n) is 1.83. The highest BCUT2D eigenvalue weighted by Gasteiger charge is 2.07. The van der Waals surface area contributed by atoms with Gasteiger partial charge in [0.1, 0.15) is 6.07 Å². The summed E-state index contributed by atoms with van der Waals surface area (Å²) in [6.07, 6.45) is 0. The van der Waals surface area contributed by atoms with E-state index in [2.05, 4.69) is 6.07 Å². The Balaban J connectivity index is 2.94. The molecule has 0 atom stereocenters. The number of fused-ring (bicyclic) bond motifs is 1. The van der Waals surface area contributed by atoms with Gasteiger partial charge in [0.2, 0.25) is 0 Å². The van der Waals surface area contributed by atoms with E-state index in [0.29, 0.717) is 11.3 Å². The van der Waals surface area contributed by atoms with Gasteiger partial charge in [-0.2, -0.15) is 5.26 Å². The van der Waals surface area contributed by atoms with Crippen LogP contribution in [0.5, 0.6) is 0 Å². The number of hydrogen-bond donors (Lipinski definition) is 1. The first-order valence-corrected chi connectivity index (χ1v) is 4.83. The van der Waals surface area contributed by atoms with Crippen LogP contribution in [0.15, 0.2) is 24.3 Å². The summed E-state index contributed by atoms with van der Waals surface area (Å²) in [6, 6.07) is 10.3. The smallest absolute Gasteiger partial charge is 0.102 e. The van der Waals surface area contributed by atoms with Gasteiger partial charge in [-0.3, -0.25) is 0 Å². The predicted octanol–water partition coefficient (Wildman–Crippen LogP) is 2.91. The molecule has 2 aromatic rings. The SMILES string of the molecule is Cc1ccc2cc(C)c(C#N)c(N)c2c1. The summed E-state index contributed by atoms with van der Waals surface area (Å²) in [5.41, 5.74) is 9.25. The van der Waals surface area contributed by atoms with E-state index in [4.69, 9.17) is 11.0 Å². The number of nitrogens with two attached hydrogens (primary N) is 1. The van der Waals surface area contributed by atoms with Crippen molar-refractivity contribution in [1.29, 1.82) is 5.26 Å². The Labute approximate surface area is 88.9 Å². The monoisotopic (exact) mass is 196 g/mol. The molecule has 0 heterocycles. The van der Waals surface area contributed by atoms with E-state index >= 15 is 0 Å². The van der Waals surface area contributed by atoms with Gasteiger partial charge in [-0.25, -0.2) is 0 Å². The van der Waals surface area contributed by atoms with Gasteiger partial charge in [0.15, 0.2) is 0 Å². The number of benzene rings is 2. The van der Waals surface area contributed by atoms with Crippen LogP contribution in [0.4, 0.5) is 5.69 Å². The lowest BCUT2D eigenvalue weighted by molar-refractivity contribution is 1.41. The Kier molecular flexibility index (Phi) is 2.09. The van der Waals surface area contributed by atoms with E-state index in [1.54, 1.807) is 0 Å². The zero-order valence-corrected chi connectivity index (χ0v) is 8.83. The van der Waals surface area contributed by atoms with Crippen LogP contribution < -0.4 is 5.73 Å². The number of hydrogen-bond acceptors (Lipinski definition) is 2. The first kappa shape index (κ1) is 9.54. The quantitative estimate of drug-likeness (QED) is 0.658. The second kappa shape index (κ2) is 3.29. The predicted molar refractivity (Wildman–Crippen MR) is 62.5 cm³/mol. The lowest BCUT2D eigenvalue weighted by Gasteiger charge is -2.07. The molecule has 0 saturated carbocycles. The molecule has 2 rings (SSSR count). The van der Waals surface area contributed by atoms with Crippen molar-refractivity contribution < 1.29 is 0 Å². The second-order valence-corrected chi connectivity index (χ2v) is 3.82. The van der Waals surface area contributed by atoms with Gasteiger partial charge in [0, 0.05) is 5.39 Å². The van der Waals surface area contributed by atoms with E-state index in [9.17, 15) is 0 Å². The number of aryl methyl sites for hydroxylation is 2. The van der Waals surface area contributed by atoms with Crippen LogP contribution in [0.3, 0.4) is 0 Å². The number of nitrogen functional groups attached to an aromatic ring is 1. The Hall–Kier alpha value is -2.01. The highest BCUT2D eigenvalue weighted by molar-refractivity contribution is 5.96. The summed E-state index contributed by atoms with van der Waals surface area (Å²) in [7, 11) is 0. The molecule has 0 aromatic heterocycles. The number of nitriles is 1. The van der Waals surface area contributed by atoms with Crippen molar-refractivity contribution in [2.75, 3.05) is 5.73 Å². The molecule has 0 fully saturated rings. The molecule has 0 aliphatic rings. The highest BCUT2D eigenvalue weighted by atomic mass is 14.6. The molecule has 2 N–H and O–H groups in total. The molecular weight excluding hydrogens is 184 g/mol. The Morgan fingerprint density at radius 1 is 1.20 bits per heavy atom. The molecule has 15 heavy (non-hydrogen) atoms. The average Bonchev–Trinajstić information content (AvgIpc) is 2.20. The number of rotatable bonds is 0. The van der Waals surface area contributed by atoms with Crippen molar-refractivity contribution in [3.05, 3.63) is 41.0 Å². The molecule has 0 spiro atoms. The molecule has 2 nitrogen and oxygen atoms in total. The first-order chi connectivity index (χ1) is 7.13. The molecular formula is C13H12N2. The molecule has 0 aliphatic carbocycles. The van der Waals surface area contributed by atoms with Crippen LogP contribution in [0.1, 0.15) is 16.7 Å². The summed E-state index contributed by atoms with van der Waals surface area (Å²) in [5.74, 6) is 0.